The van der Waals surface area contributed by atoms with E-state index in [1.807, 2.05) is 29.6 Å². The van der Waals surface area contributed by atoms with Crippen molar-refractivity contribution >= 4 is 39.9 Å². The molecule has 0 atom stereocenters. The highest BCUT2D eigenvalue weighted by Crippen LogP contribution is 2.22. The number of carboxylic acids is 1. The molecule has 148 valence electrons. The van der Waals surface area contributed by atoms with Crippen LogP contribution < -0.4 is 21.2 Å². The highest BCUT2D eigenvalue weighted by atomic mass is 32.1. The molecular formula is C20H19N4O4S+. The molecule has 3 aromatic rings. The molecule has 9 heteroatoms. The number of benzene rings is 2. The van der Waals surface area contributed by atoms with E-state index in [0.717, 1.165) is 16.9 Å². The first kappa shape index (κ1) is 20.0. The summed E-state index contributed by atoms with van der Waals surface area (Å²) in [5, 5.41) is 14.4. The molecule has 0 saturated carbocycles. The van der Waals surface area contributed by atoms with Crippen molar-refractivity contribution in [2.75, 3.05) is 10.7 Å². The zero-order valence-corrected chi connectivity index (χ0v) is 16.3. The summed E-state index contributed by atoms with van der Waals surface area (Å²) in [6.07, 6.45) is 0.414. The van der Waals surface area contributed by atoms with Crippen molar-refractivity contribution in [2.45, 2.75) is 13.3 Å². The van der Waals surface area contributed by atoms with Crippen molar-refractivity contribution in [3.05, 3.63) is 65.0 Å². The first-order chi connectivity index (χ1) is 14.0. The molecule has 2 amide bonds. The smallest absolute Gasteiger partial charge is 0.355 e. The predicted octanol–water partition coefficient (Wildman–Crippen LogP) is 3.03. The second kappa shape index (κ2) is 8.98. The van der Waals surface area contributed by atoms with Crippen molar-refractivity contribution in [1.29, 1.82) is 0 Å². The maximum atomic E-state index is 12.3. The van der Waals surface area contributed by atoms with Crippen molar-refractivity contribution < 1.29 is 24.5 Å². The van der Waals surface area contributed by atoms with E-state index < -0.39 is 11.9 Å². The van der Waals surface area contributed by atoms with Gasteiger partial charge in [-0.3, -0.25) is 9.59 Å². The average molecular weight is 411 g/mol. The van der Waals surface area contributed by atoms with E-state index in [4.69, 9.17) is 0 Å². The molecule has 3 rings (SSSR count). The monoisotopic (exact) mass is 411 g/mol. The van der Waals surface area contributed by atoms with Gasteiger partial charge in [0, 0.05) is 23.1 Å². The van der Waals surface area contributed by atoms with Gasteiger partial charge in [-0.1, -0.05) is 30.4 Å². The van der Waals surface area contributed by atoms with Gasteiger partial charge < -0.3 is 10.4 Å². The average Bonchev–Trinajstić information content (AvgIpc) is 3.21. The van der Waals surface area contributed by atoms with Crippen molar-refractivity contribution in [2.24, 2.45) is 0 Å². The van der Waals surface area contributed by atoms with Gasteiger partial charge in [-0.15, -0.1) is 0 Å². The molecule has 0 fully saturated rings. The van der Waals surface area contributed by atoms with Gasteiger partial charge in [0.05, 0.1) is 11.1 Å². The van der Waals surface area contributed by atoms with Crippen molar-refractivity contribution in [3.63, 3.8) is 0 Å². The van der Waals surface area contributed by atoms with Crippen LogP contribution in [0.3, 0.4) is 0 Å². The summed E-state index contributed by atoms with van der Waals surface area (Å²) in [5.41, 5.74) is 7.70. The summed E-state index contributed by atoms with van der Waals surface area (Å²) in [6.45, 7) is 1.79. The fraction of sp³-hybridized carbons (Fsp3) is 0.100. The zero-order valence-electron chi connectivity index (χ0n) is 15.5. The Hall–Kier alpha value is -3.72. The number of nitrogens with one attached hydrogen (secondary N) is 4. The van der Waals surface area contributed by atoms with Gasteiger partial charge in [-0.05, 0) is 36.4 Å². The molecule has 0 spiro atoms. The summed E-state index contributed by atoms with van der Waals surface area (Å²) in [7, 11) is 0. The van der Waals surface area contributed by atoms with Crippen molar-refractivity contribution in [3.8, 4) is 11.3 Å². The lowest BCUT2D eigenvalue weighted by Gasteiger charge is -2.04. The SMILES string of the molecule is CCC(=O)Nc1ccc(-c2csc(NNC(=O)c3ccccc3C(=O)O)[nH+]2)cc1. The second-order valence-electron chi connectivity index (χ2n) is 6.01. The quantitative estimate of drug-likeness (QED) is 0.445. The van der Waals surface area contributed by atoms with Crippen LogP contribution in [0.2, 0.25) is 0 Å². The van der Waals surface area contributed by atoms with Crippen LogP contribution in [0.1, 0.15) is 34.1 Å². The number of anilines is 2. The number of hydrazine groups is 1. The molecule has 0 bridgehead atoms. The third-order valence-corrected chi connectivity index (χ3v) is 4.83. The maximum absolute atomic E-state index is 12.3. The minimum absolute atomic E-state index is 0.0495. The second-order valence-corrected chi connectivity index (χ2v) is 6.89. The van der Waals surface area contributed by atoms with E-state index in [1.54, 1.807) is 19.1 Å². The van der Waals surface area contributed by atoms with Crippen LogP contribution in [0.15, 0.2) is 53.9 Å². The van der Waals surface area contributed by atoms with Crippen LogP contribution in [0.25, 0.3) is 11.3 Å². The number of rotatable bonds is 7. The summed E-state index contributed by atoms with van der Waals surface area (Å²) >= 11 is 1.34. The number of carboxylic acid groups (broad SMARTS) is 1. The number of aromatic carboxylic acids is 1. The van der Waals surface area contributed by atoms with Gasteiger partial charge in [-0.2, -0.15) is 10.9 Å². The molecule has 0 radical (unpaired) electrons. The third kappa shape index (κ3) is 4.96. The lowest BCUT2D eigenvalue weighted by Crippen LogP contribution is -2.32. The molecule has 29 heavy (non-hydrogen) atoms. The molecule has 0 aliphatic carbocycles. The van der Waals surface area contributed by atoms with Gasteiger partial charge in [0.15, 0.2) is 0 Å². The van der Waals surface area contributed by atoms with Crippen LogP contribution in [-0.2, 0) is 4.79 Å². The fourth-order valence-electron chi connectivity index (χ4n) is 2.53. The van der Waals surface area contributed by atoms with Gasteiger partial charge in [-0.25, -0.2) is 9.78 Å². The number of aromatic nitrogens is 1. The summed E-state index contributed by atoms with van der Waals surface area (Å²) in [6, 6.07) is 13.3. The molecule has 8 nitrogen and oxygen atoms in total. The van der Waals surface area contributed by atoms with Crippen LogP contribution >= 0.6 is 11.3 Å². The highest BCUT2D eigenvalue weighted by molar-refractivity contribution is 7.13. The first-order valence-corrected chi connectivity index (χ1v) is 9.65. The predicted molar refractivity (Wildman–Crippen MR) is 110 cm³/mol. The number of hydrogen-bond acceptors (Lipinski definition) is 5. The Morgan fingerprint density at radius 3 is 2.38 bits per heavy atom. The van der Waals surface area contributed by atoms with E-state index >= 15 is 0 Å². The Morgan fingerprint density at radius 2 is 1.72 bits per heavy atom. The molecule has 0 saturated heterocycles. The summed E-state index contributed by atoms with van der Waals surface area (Å²) < 4.78 is 0. The Labute approximate surface area is 170 Å². The number of H-pyrrole nitrogens is 1. The van der Waals surface area contributed by atoms with Gasteiger partial charge in [0.2, 0.25) is 5.91 Å². The largest absolute Gasteiger partial charge is 0.478 e. The third-order valence-electron chi connectivity index (χ3n) is 4.04. The number of hydrogen-bond donors (Lipinski definition) is 4. The Bertz CT molecular complexity index is 1050. The molecule has 1 aromatic heterocycles. The van der Waals surface area contributed by atoms with Gasteiger partial charge >= 0.3 is 11.1 Å². The number of thiazole rings is 1. The van der Waals surface area contributed by atoms with Crippen LogP contribution in [-0.4, -0.2) is 22.9 Å². The van der Waals surface area contributed by atoms with E-state index in [0.29, 0.717) is 11.6 Å². The fourth-order valence-corrected chi connectivity index (χ4v) is 3.24. The number of aromatic amines is 1. The van der Waals surface area contributed by atoms with Crippen LogP contribution in [0.5, 0.6) is 0 Å². The summed E-state index contributed by atoms with van der Waals surface area (Å²) in [5.74, 6) is -1.77. The standard InChI is InChI=1S/C20H18N4O4S/c1-2-17(25)21-13-9-7-12(8-10-13)16-11-29-20(22-16)24-23-18(26)14-5-3-4-6-15(14)19(27)28/h3-11H,2H2,1H3,(H,21,25)(H,22,24)(H,23,26)(H,27,28)/p+1. The molecule has 0 aliphatic rings. The zero-order chi connectivity index (χ0) is 20.8. The Morgan fingerprint density at radius 1 is 1.03 bits per heavy atom. The lowest BCUT2D eigenvalue weighted by atomic mass is 10.1. The summed E-state index contributed by atoms with van der Waals surface area (Å²) in [4.78, 5) is 38.1. The Kier molecular flexibility index (Phi) is 6.20. The molecule has 2 aromatic carbocycles. The molecule has 1 heterocycles. The molecule has 5 N–H and O–H groups in total. The number of carbonyl (C=O) groups excluding carboxylic acids is 2. The van der Waals surface area contributed by atoms with E-state index in [1.165, 1.54) is 23.5 Å². The number of carbonyl (C=O) groups is 3. The van der Waals surface area contributed by atoms with Crippen LogP contribution in [0.4, 0.5) is 10.8 Å². The first-order valence-electron chi connectivity index (χ1n) is 8.77. The van der Waals surface area contributed by atoms with Crippen LogP contribution in [0, 0.1) is 0 Å². The van der Waals surface area contributed by atoms with E-state index in [2.05, 4.69) is 21.2 Å². The van der Waals surface area contributed by atoms with Gasteiger partial charge in [0.25, 0.3) is 5.91 Å². The van der Waals surface area contributed by atoms with E-state index in [-0.39, 0.29) is 17.0 Å². The topological polar surface area (TPSA) is 122 Å². The minimum atomic E-state index is -1.17. The van der Waals surface area contributed by atoms with Gasteiger partial charge in [0.1, 0.15) is 5.69 Å². The maximum Gasteiger partial charge on any atom is 0.355 e. The number of amides is 2. The molecular weight excluding hydrogens is 392 g/mol. The molecule has 0 aliphatic heterocycles. The normalized spacial score (nSPS) is 10.2. The van der Waals surface area contributed by atoms with Crippen molar-refractivity contribution in [1.82, 2.24) is 5.43 Å². The lowest BCUT2D eigenvalue weighted by molar-refractivity contribution is -0.341. The Balaban J connectivity index is 1.64. The molecule has 0 unspecified atom stereocenters. The van der Waals surface area contributed by atoms with E-state index in [9.17, 15) is 19.5 Å². The minimum Gasteiger partial charge on any atom is -0.478 e. The highest BCUT2D eigenvalue weighted by Gasteiger charge is 2.18.